The Bertz CT molecular complexity index is 811. The monoisotopic (exact) mass is 491 g/mol. The van der Waals surface area contributed by atoms with E-state index in [1.807, 2.05) is 33.9 Å². The standard InChI is InChI=1S/C23H36F3NO5Si/c1-21(2,3)31-20(30)27-17(13-14-18(28)29)19(32-33(7,8)22(4,5)6)15-9-11-16(12-10-15)23(24,25)26/h9-12,17,19H,13-14H2,1-8H3,(H,27,30)(H,28,29)/t17?,19-/m0/s1. The number of hydrogen-bond acceptors (Lipinski definition) is 4. The lowest BCUT2D eigenvalue weighted by atomic mass is 9.97. The van der Waals surface area contributed by atoms with Crippen molar-refractivity contribution in [1.82, 2.24) is 5.32 Å². The summed E-state index contributed by atoms with van der Waals surface area (Å²) in [6.45, 7) is 15.1. The smallest absolute Gasteiger partial charge is 0.416 e. The molecule has 0 spiro atoms. The van der Waals surface area contributed by atoms with Gasteiger partial charge < -0.3 is 19.6 Å². The minimum atomic E-state index is -4.49. The summed E-state index contributed by atoms with van der Waals surface area (Å²) in [6, 6.07) is 3.70. The number of halogens is 3. The van der Waals surface area contributed by atoms with Gasteiger partial charge in [-0.3, -0.25) is 4.79 Å². The number of carboxylic acids is 1. The molecule has 0 heterocycles. The van der Waals surface area contributed by atoms with Gasteiger partial charge in [0.2, 0.25) is 0 Å². The molecule has 0 aliphatic carbocycles. The number of carboxylic acid groups (broad SMARTS) is 1. The van der Waals surface area contributed by atoms with E-state index in [9.17, 15) is 27.9 Å². The van der Waals surface area contributed by atoms with Crippen LogP contribution in [0, 0.1) is 0 Å². The summed E-state index contributed by atoms with van der Waals surface area (Å²) >= 11 is 0. The molecule has 2 N–H and O–H groups in total. The average molecular weight is 492 g/mol. The van der Waals surface area contributed by atoms with Crippen molar-refractivity contribution in [3.63, 3.8) is 0 Å². The number of aliphatic carboxylic acids is 1. The van der Waals surface area contributed by atoms with Gasteiger partial charge in [0.05, 0.1) is 17.7 Å². The van der Waals surface area contributed by atoms with E-state index in [2.05, 4.69) is 5.32 Å². The van der Waals surface area contributed by atoms with Crippen molar-refractivity contribution >= 4 is 20.4 Å². The van der Waals surface area contributed by atoms with E-state index in [0.29, 0.717) is 5.56 Å². The van der Waals surface area contributed by atoms with Crippen molar-refractivity contribution in [3.8, 4) is 0 Å². The van der Waals surface area contributed by atoms with Crippen LogP contribution in [0.25, 0.3) is 0 Å². The molecule has 6 nitrogen and oxygen atoms in total. The lowest BCUT2D eigenvalue weighted by molar-refractivity contribution is -0.138. The first kappa shape index (κ1) is 29.0. The highest BCUT2D eigenvalue weighted by Gasteiger charge is 2.42. The van der Waals surface area contributed by atoms with E-state index in [-0.39, 0.29) is 17.9 Å². The van der Waals surface area contributed by atoms with Gasteiger partial charge in [-0.2, -0.15) is 13.2 Å². The van der Waals surface area contributed by atoms with Crippen molar-refractivity contribution in [2.75, 3.05) is 0 Å². The maximum Gasteiger partial charge on any atom is 0.416 e. The Balaban J connectivity index is 3.44. The zero-order valence-electron chi connectivity index (χ0n) is 20.6. The van der Waals surface area contributed by atoms with Gasteiger partial charge in [-0.25, -0.2) is 4.79 Å². The van der Waals surface area contributed by atoms with E-state index >= 15 is 0 Å². The lowest BCUT2D eigenvalue weighted by Crippen LogP contribution is -2.49. The summed E-state index contributed by atoms with van der Waals surface area (Å²) in [5, 5.41) is 11.7. The normalized spacial score (nSPS) is 15.0. The number of carbonyl (C=O) groups excluding carboxylic acids is 1. The molecule has 1 unspecified atom stereocenters. The number of amides is 1. The summed E-state index contributed by atoms with van der Waals surface area (Å²) in [7, 11) is -2.48. The number of alkyl halides is 3. The van der Waals surface area contributed by atoms with Crippen LogP contribution in [-0.4, -0.2) is 37.1 Å². The molecule has 33 heavy (non-hydrogen) atoms. The van der Waals surface area contributed by atoms with Crippen molar-refractivity contribution in [2.45, 2.75) is 96.4 Å². The Morgan fingerprint density at radius 2 is 1.55 bits per heavy atom. The van der Waals surface area contributed by atoms with E-state index < -0.39 is 49.9 Å². The summed E-state index contributed by atoms with van der Waals surface area (Å²) in [6.07, 6.45) is -6.37. The second kappa shape index (κ2) is 10.5. The van der Waals surface area contributed by atoms with Crippen LogP contribution in [0.4, 0.5) is 18.0 Å². The second-order valence-corrected chi connectivity index (χ2v) is 15.4. The molecule has 1 amide bonds. The fourth-order valence-electron chi connectivity index (χ4n) is 2.78. The van der Waals surface area contributed by atoms with Crippen molar-refractivity contribution in [1.29, 1.82) is 0 Å². The Hall–Kier alpha value is -2.07. The third-order valence-electron chi connectivity index (χ3n) is 5.53. The predicted molar refractivity (Wildman–Crippen MR) is 122 cm³/mol. The minimum absolute atomic E-state index is 0.00882. The predicted octanol–water partition coefficient (Wildman–Crippen LogP) is 6.53. The van der Waals surface area contributed by atoms with Crippen LogP contribution in [0.1, 0.15) is 71.6 Å². The van der Waals surface area contributed by atoms with Crippen LogP contribution in [0.2, 0.25) is 18.1 Å². The van der Waals surface area contributed by atoms with Gasteiger partial charge in [0.15, 0.2) is 8.32 Å². The summed E-state index contributed by atoms with van der Waals surface area (Å²) in [5.41, 5.74) is -1.18. The summed E-state index contributed by atoms with van der Waals surface area (Å²) < 4.78 is 51.1. The third-order valence-corrected chi connectivity index (χ3v) is 9.99. The highest BCUT2D eigenvalue weighted by atomic mass is 28.4. The zero-order chi connectivity index (χ0) is 25.8. The van der Waals surface area contributed by atoms with Gasteiger partial charge in [-0.1, -0.05) is 32.9 Å². The number of carbonyl (C=O) groups is 2. The number of rotatable bonds is 8. The van der Waals surface area contributed by atoms with E-state index in [1.165, 1.54) is 12.1 Å². The second-order valence-electron chi connectivity index (χ2n) is 10.6. The number of hydrogen-bond donors (Lipinski definition) is 2. The Labute approximate surface area is 195 Å². The van der Waals surface area contributed by atoms with Crippen molar-refractivity contribution in [3.05, 3.63) is 35.4 Å². The molecule has 0 aliphatic rings. The number of benzene rings is 1. The molecule has 188 valence electrons. The van der Waals surface area contributed by atoms with E-state index in [1.54, 1.807) is 20.8 Å². The molecule has 0 saturated carbocycles. The van der Waals surface area contributed by atoms with Crippen LogP contribution >= 0.6 is 0 Å². The Kier molecular flexibility index (Phi) is 9.18. The summed E-state index contributed by atoms with van der Waals surface area (Å²) in [5.74, 6) is -1.07. The zero-order valence-corrected chi connectivity index (χ0v) is 21.6. The quantitative estimate of drug-likeness (QED) is 0.404. The first-order chi connectivity index (χ1) is 14.7. The van der Waals surface area contributed by atoms with E-state index in [4.69, 9.17) is 9.16 Å². The molecule has 1 rings (SSSR count). The van der Waals surface area contributed by atoms with Crippen LogP contribution in [-0.2, 0) is 20.1 Å². The maximum atomic E-state index is 13.1. The fraction of sp³-hybridized carbons (Fsp3) is 0.652. The average Bonchev–Trinajstić information content (AvgIpc) is 2.60. The SMILES string of the molecule is CC(C)(C)OC(=O)NC(CCC(=O)O)[C@@H](O[Si](C)(C)C(C)(C)C)c1ccc(C(F)(F)F)cc1. The first-order valence-electron chi connectivity index (χ1n) is 10.8. The number of alkyl carbamates (subject to hydrolysis) is 1. The van der Waals surface area contributed by atoms with Gasteiger partial charge in [-0.15, -0.1) is 0 Å². The molecule has 0 fully saturated rings. The highest BCUT2D eigenvalue weighted by molar-refractivity contribution is 6.74. The Morgan fingerprint density at radius 3 is 1.94 bits per heavy atom. The Morgan fingerprint density at radius 1 is 1.03 bits per heavy atom. The number of nitrogens with one attached hydrogen (secondary N) is 1. The summed E-state index contributed by atoms with van der Waals surface area (Å²) in [4.78, 5) is 23.8. The van der Waals surface area contributed by atoms with Crippen LogP contribution < -0.4 is 5.32 Å². The molecule has 0 aliphatic heterocycles. The van der Waals surface area contributed by atoms with Crippen molar-refractivity contribution in [2.24, 2.45) is 0 Å². The third kappa shape index (κ3) is 9.36. The lowest BCUT2D eigenvalue weighted by Gasteiger charge is -2.42. The first-order valence-corrected chi connectivity index (χ1v) is 13.7. The maximum absolute atomic E-state index is 13.1. The molecule has 1 aromatic carbocycles. The highest BCUT2D eigenvalue weighted by Crippen LogP contribution is 2.41. The molecule has 1 aromatic rings. The van der Waals surface area contributed by atoms with Crippen LogP contribution in [0.5, 0.6) is 0 Å². The van der Waals surface area contributed by atoms with Crippen LogP contribution in [0.15, 0.2) is 24.3 Å². The van der Waals surface area contributed by atoms with Gasteiger partial charge in [0, 0.05) is 6.42 Å². The molecule has 0 aromatic heterocycles. The topological polar surface area (TPSA) is 84.9 Å². The van der Waals surface area contributed by atoms with Crippen molar-refractivity contribution < 1.29 is 37.0 Å². The van der Waals surface area contributed by atoms with E-state index in [0.717, 1.165) is 12.1 Å². The number of ether oxygens (including phenoxy) is 1. The minimum Gasteiger partial charge on any atom is -0.481 e. The molecule has 0 bridgehead atoms. The largest absolute Gasteiger partial charge is 0.481 e. The molecular formula is C23H36F3NO5Si. The molecule has 0 saturated heterocycles. The van der Waals surface area contributed by atoms with Crippen LogP contribution in [0.3, 0.4) is 0 Å². The molecular weight excluding hydrogens is 455 g/mol. The van der Waals surface area contributed by atoms with Gasteiger partial charge >= 0.3 is 18.2 Å². The molecule has 10 heteroatoms. The molecule has 0 radical (unpaired) electrons. The van der Waals surface area contributed by atoms with Gasteiger partial charge in [-0.05, 0) is 63.0 Å². The van der Waals surface area contributed by atoms with Gasteiger partial charge in [0.1, 0.15) is 5.60 Å². The fourth-order valence-corrected chi connectivity index (χ4v) is 4.06. The molecule has 2 atom stereocenters. The van der Waals surface area contributed by atoms with Gasteiger partial charge in [0.25, 0.3) is 0 Å².